The van der Waals surface area contributed by atoms with Gasteiger partial charge in [0.15, 0.2) is 0 Å². The Kier molecular flexibility index (Phi) is 4.47. The first-order chi connectivity index (χ1) is 16.0. The second-order valence-corrected chi connectivity index (χ2v) is 9.58. The number of carbonyl (C=O) groups is 1. The molecule has 2 aliphatic rings. The van der Waals surface area contributed by atoms with E-state index in [0.717, 1.165) is 48.1 Å². The Morgan fingerprint density at radius 1 is 1.03 bits per heavy atom. The number of hydrogen-bond donors (Lipinski definition) is 2. The number of aromatic nitrogens is 4. The van der Waals surface area contributed by atoms with E-state index >= 15 is 0 Å². The van der Waals surface area contributed by atoms with Gasteiger partial charge in [-0.3, -0.25) is 9.59 Å². The van der Waals surface area contributed by atoms with Gasteiger partial charge >= 0.3 is 0 Å². The van der Waals surface area contributed by atoms with Gasteiger partial charge in [0.25, 0.3) is 11.5 Å². The van der Waals surface area contributed by atoms with Crippen LogP contribution in [0.15, 0.2) is 65.6 Å². The molecule has 1 spiro atoms. The number of fused-ring (bicyclic) bond motifs is 1. The standard InChI is InChI=1S/C26H25N5O2/c1-16-22(15-31(30-16)19-7-3-2-4-8-19)24(32)27-18-13-26(14-18)11-17(12-26)23-20-9-5-6-10-21(20)25(33)29-28-23/h2-10,15,17-18H,11-14H2,1H3,(H,27,32)(H,29,33). The number of aryl methyl sites for hydroxylation is 1. The second kappa shape index (κ2) is 7.40. The minimum atomic E-state index is -0.138. The van der Waals surface area contributed by atoms with Crippen molar-refractivity contribution in [1.82, 2.24) is 25.3 Å². The van der Waals surface area contributed by atoms with Gasteiger partial charge in [-0.25, -0.2) is 9.78 Å². The summed E-state index contributed by atoms with van der Waals surface area (Å²) in [5.74, 6) is 0.299. The molecule has 6 rings (SSSR count). The quantitative estimate of drug-likeness (QED) is 0.505. The van der Waals surface area contributed by atoms with Gasteiger partial charge in [-0.2, -0.15) is 10.2 Å². The maximum Gasteiger partial charge on any atom is 0.272 e. The predicted octanol–water partition coefficient (Wildman–Crippen LogP) is 3.87. The highest BCUT2D eigenvalue weighted by molar-refractivity contribution is 5.95. The highest BCUT2D eigenvalue weighted by Crippen LogP contribution is 2.62. The first-order valence-electron chi connectivity index (χ1n) is 11.4. The molecule has 2 heterocycles. The van der Waals surface area contributed by atoms with Crippen LogP contribution in [-0.4, -0.2) is 31.9 Å². The van der Waals surface area contributed by atoms with Crippen LogP contribution in [0.5, 0.6) is 0 Å². The normalized spacial score (nSPS) is 23.8. The molecule has 7 heteroatoms. The number of hydrogen-bond acceptors (Lipinski definition) is 4. The molecule has 0 aliphatic heterocycles. The highest BCUT2D eigenvalue weighted by atomic mass is 16.1. The summed E-state index contributed by atoms with van der Waals surface area (Å²) in [6, 6.07) is 17.7. The van der Waals surface area contributed by atoms with Gasteiger partial charge in [0.2, 0.25) is 0 Å². The molecule has 2 saturated carbocycles. The minimum Gasteiger partial charge on any atom is -0.349 e. The summed E-state index contributed by atoms with van der Waals surface area (Å²) < 4.78 is 1.75. The maximum absolute atomic E-state index is 12.9. The summed E-state index contributed by atoms with van der Waals surface area (Å²) in [6.07, 6.45) is 5.88. The third-order valence-electron chi connectivity index (χ3n) is 7.33. The van der Waals surface area contributed by atoms with Crippen molar-refractivity contribution in [2.45, 2.75) is 44.6 Å². The van der Waals surface area contributed by atoms with Crippen LogP contribution >= 0.6 is 0 Å². The average molecular weight is 440 g/mol. The fraction of sp³-hybridized carbons (Fsp3) is 0.308. The van der Waals surface area contributed by atoms with Gasteiger partial charge in [-0.1, -0.05) is 36.4 Å². The Morgan fingerprint density at radius 2 is 1.73 bits per heavy atom. The van der Waals surface area contributed by atoms with Gasteiger partial charge in [0.05, 0.1) is 28.0 Å². The zero-order valence-electron chi connectivity index (χ0n) is 18.4. The van der Waals surface area contributed by atoms with E-state index in [1.807, 2.05) is 61.5 Å². The fourth-order valence-corrected chi connectivity index (χ4v) is 5.71. The minimum absolute atomic E-state index is 0.0568. The molecule has 2 aromatic carbocycles. The zero-order valence-corrected chi connectivity index (χ0v) is 18.4. The molecule has 0 bridgehead atoms. The van der Waals surface area contributed by atoms with Crippen molar-refractivity contribution in [3.8, 4) is 5.69 Å². The molecule has 4 aromatic rings. The third kappa shape index (κ3) is 3.35. The van der Waals surface area contributed by atoms with Gasteiger partial charge in [-0.05, 0) is 56.2 Å². The van der Waals surface area contributed by atoms with Crippen molar-refractivity contribution in [1.29, 1.82) is 0 Å². The fourth-order valence-electron chi connectivity index (χ4n) is 5.71. The van der Waals surface area contributed by atoms with Crippen LogP contribution in [0.2, 0.25) is 0 Å². The van der Waals surface area contributed by atoms with E-state index < -0.39 is 0 Å². The molecule has 2 aromatic heterocycles. The number of carbonyl (C=O) groups excluding carboxylic acids is 1. The highest BCUT2D eigenvalue weighted by Gasteiger charge is 2.54. The molecular weight excluding hydrogens is 414 g/mol. The van der Waals surface area contributed by atoms with E-state index in [1.54, 1.807) is 10.9 Å². The van der Waals surface area contributed by atoms with Crippen LogP contribution in [0.3, 0.4) is 0 Å². The van der Waals surface area contributed by atoms with Crippen molar-refractivity contribution < 1.29 is 4.79 Å². The lowest BCUT2D eigenvalue weighted by Crippen LogP contribution is -2.55. The van der Waals surface area contributed by atoms with Gasteiger partial charge < -0.3 is 5.32 Å². The molecule has 2 N–H and O–H groups in total. The molecule has 0 radical (unpaired) electrons. The van der Waals surface area contributed by atoms with Crippen LogP contribution in [0.4, 0.5) is 0 Å². The van der Waals surface area contributed by atoms with E-state index in [-0.39, 0.29) is 22.9 Å². The number of nitrogens with one attached hydrogen (secondary N) is 2. The Labute approximate surface area is 190 Å². The van der Waals surface area contributed by atoms with Gasteiger partial charge in [0, 0.05) is 23.5 Å². The van der Waals surface area contributed by atoms with Crippen LogP contribution in [0, 0.1) is 12.3 Å². The number of amides is 1. The van der Waals surface area contributed by atoms with Crippen molar-refractivity contribution >= 4 is 16.7 Å². The SMILES string of the molecule is Cc1nn(-c2ccccc2)cc1C(=O)NC1CC2(C1)CC(c1n[nH]c(=O)c3ccccc13)C2. The van der Waals surface area contributed by atoms with Crippen molar-refractivity contribution in [2.75, 3.05) is 0 Å². The van der Waals surface area contributed by atoms with E-state index in [1.165, 1.54) is 0 Å². The monoisotopic (exact) mass is 439 g/mol. The predicted molar refractivity (Wildman–Crippen MR) is 126 cm³/mol. The zero-order chi connectivity index (χ0) is 22.6. The lowest BCUT2D eigenvalue weighted by molar-refractivity contribution is -0.0196. The number of benzene rings is 2. The first-order valence-corrected chi connectivity index (χ1v) is 11.4. The topological polar surface area (TPSA) is 92.7 Å². The van der Waals surface area contributed by atoms with Crippen LogP contribution in [0.1, 0.15) is 53.3 Å². The summed E-state index contributed by atoms with van der Waals surface area (Å²) >= 11 is 0. The Morgan fingerprint density at radius 3 is 2.48 bits per heavy atom. The largest absolute Gasteiger partial charge is 0.349 e. The maximum atomic E-state index is 12.9. The summed E-state index contributed by atoms with van der Waals surface area (Å²) in [6.45, 7) is 1.87. The molecule has 0 unspecified atom stereocenters. The molecule has 0 atom stereocenters. The molecule has 2 aliphatic carbocycles. The number of H-pyrrole nitrogens is 1. The molecule has 33 heavy (non-hydrogen) atoms. The number of rotatable bonds is 4. The van der Waals surface area contributed by atoms with Crippen LogP contribution in [-0.2, 0) is 0 Å². The molecular formula is C26H25N5O2. The number of para-hydroxylation sites is 1. The van der Waals surface area contributed by atoms with Crippen molar-refractivity contribution in [3.63, 3.8) is 0 Å². The molecule has 7 nitrogen and oxygen atoms in total. The second-order valence-electron chi connectivity index (χ2n) is 9.58. The summed E-state index contributed by atoms with van der Waals surface area (Å²) in [7, 11) is 0. The van der Waals surface area contributed by atoms with Gasteiger partial charge in [0.1, 0.15) is 0 Å². The van der Waals surface area contributed by atoms with Crippen LogP contribution in [0.25, 0.3) is 16.5 Å². The van der Waals surface area contributed by atoms with Crippen LogP contribution < -0.4 is 10.9 Å². The van der Waals surface area contributed by atoms with Crippen molar-refractivity contribution in [3.05, 3.63) is 88.1 Å². The lowest BCUT2D eigenvalue weighted by atomic mass is 9.49. The van der Waals surface area contributed by atoms with Gasteiger partial charge in [-0.15, -0.1) is 0 Å². The Balaban J connectivity index is 1.09. The molecule has 2 fully saturated rings. The number of nitrogens with zero attached hydrogens (tertiary/aromatic N) is 3. The Bertz CT molecular complexity index is 1410. The average Bonchev–Trinajstić information content (AvgIpc) is 3.18. The van der Waals surface area contributed by atoms with E-state index in [0.29, 0.717) is 16.9 Å². The third-order valence-corrected chi connectivity index (χ3v) is 7.33. The molecule has 166 valence electrons. The Hall–Kier alpha value is -3.74. The molecule has 0 saturated heterocycles. The summed E-state index contributed by atoms with van der Waals surface area (Å²) in [4.78, 5) is 24.9. The van der Waals surface area contributed by atoms with E-state index in [4.69, 9.17) is 0 Å². The first kappa shape index (κ1) is 19.9. The summed E-state index contributed by atoms with van der Waals surface area (Å²) in [5.41, 5.74) is 3.42. The number of aromatic amines is 1. The molecule has 1 amide bonds. The van der Waals surface area contributed by atoms with E-state index in [2.05, 4.69) is 20.6 Å². The summed E-state index contributed by atoms with van der Waals surface area (Å²) in [5, 5.41) is 16.4. The van der Waals surface area contributed by atoms with Crippen molar-refractivity contribution in [2.24, 2.45) is 5.41 Å². The smallest absolute Gasteiger partial charge is 0.272 e. The van der Waals surface area contributed by atoms with E-state index in [9.17, 15) is 9.59 Å². The lowest BCUT2D eigenvalue weighted by Gasteiger charge is -2.57.